The van der Waals surface area contributed by atoms with Crippen LogP contribution in [0.15, 0.2) is 18.2 Å². The number of benzene rings is 1. The van der Waals surface area contributed by atoms with Gasteiger partial charge in [-0.15, -0.1) is 0 Å². The van der Waals surface area contributed by atoms with Crippen molar-refractivity contribution in [1.29, 1.82) is 5.26 Å². The molecule has 2 rings (SSSR count). The van der Waals surface area contributed by atoms with Gasteiger partial charge in [0.1, 0.15) is 11.2 Å². The Labute approximate surface area is 110 Å². The van der Waals surface area contributed by atoms with Gasteiger partial charge in [0.25, 0.3) is 0 Å². The van der Waals surface area contributed by atoms with Gasteiger partial charge in [-0.05, 0) is 24.1 Å². The Morgan fingerprint density at radius 3 is 2.65 bits per heavy atom. The van der Waals surface area contributed by atoms with E-state index in [1.54, 1.807) is 6.07 Å². The topological polar surface area (TPSA) is 28.7 Å². The molecule has 0 aliphatic heterocycles. The predicted molar refractivity (Wildman–Crippen MR) is 71.5 cm³/mol. The van der Waals surface area contributed by atoms with E-state index in [1.807, 2.05) is 16.7 Å². The van der Waals surface area contributed by atoms with Crippen LogP contribution in [-0.4, -0.2) is 4.57 Å². The normalized spacial score (nSPS) is 11.1. The van der Waals surface area contributed by atoms with Crippen molar-refractivity contribution >= 4 is 34.1 Å². The SMILES string of the molecule is CC(C)Cn1c(Cl)c(C#N)c2cc(Cl)ccc21. The van der Waals surface area contributed by atoms with Crippen molar-refractivity contribution in [1.82, 2.24) is 4.57 Å². The van der Waals surface area contributed by atoms with Gasteiger partial charge in [-0.2, -0.15) is 5.26 Å². The molecule has 17 heavy (non-hydrogen) atoms. The summed E-state index contributed by atoms with van der Waals surface area (Å²) in [6, 6.07) is 7.66. The third-order valence-electron chi connectivity index (χ3n) is 2.62. The van der Waals surface area contributed by atoms with Crippen molar-refractivity contribution in [3.8, 4) is 6.07 Å². The molecular formula is C13H12Cl2N2. The standard InChI is InChI=1S/C13H12Cl2N2/c1-8(2)7-17-12-4-3-9(14)5-10(12)11(6-16)13(17)15/h3-5,8H,7H2,1-2H3. The highest BCUT2D eigenvalue weighted by Gasteiger charge is 2.16. The zero-order valence-electron chi connectivity index (χ0n) is 9.67. The van der Waals surface area contributed by atoms with Crippen LogP contribution in [0.4, 0.5) is 0 Å². The molecule has 0 spiro atoms. The summed E-state index contributed by atoms with van der Waals surface area (Å²) in [7, 11) is 0. The summed E-state index contributed by atoms with van der Waals surface area (Å²) in [4.78, 5) is 0. The molecule has 2 nitrogen and oxygen atoms in total. The molecule has 1 heterocycles. The average Bonchev–Trinajstić information content (AvgIpc) is 2.50. The Morgan fingerprint density at radius 2 is 2.06 bits per heavy atom. The van der Waals surface area contributed by atoms with Crippen LogP contribution >= 0.6 is 23.2 Å². The number of hydrogen-bond donors (Lipinski definition) is 0. The van der Waals surface area contributed by atoms with Crippen molar-refractivity contribution in [3.05, 3.63) is 33.9 Å². The first-order chi connectivity index (χ1) is 8.04. The third kappa shape index (κ3) is 2.13. The van der Waals surface area contributed by atoms with Crippen LogP contribution in [0.5, 0.6) is 0 Å². The van der Waals surface area contributed by atoms with Gasteiger partial charge in [-0.3, -0.25) is 0 Å². The van der Waals surface area contributed by atoms with Gasteiger partial charge in [0.15, 0.2) is 0 Å². The van der Waals surface area contributed by atoms with Crippen LogP contribution in [0, 0.1) is 17.2 Å². The maximum atomic E-state index is 9.16. The molecule has 0 fully saturated rings. The minimum Gasteiger partial charge on any atom is -0.330 e. The molecule has 4 heteroatoms. The summed E-state index contributed by atoms with van der Waals surface area (Å²) in [5.41, 5.74) is 1.47. The number of hydrogen-bond acceptors (Lipinski definition) is 1. The molecule has 1 aromatic heterocycles. The zero-order chi connectivity index (χ0) is 12.6. The molecule has 0 atom stereocenters. The summed E-state index contributed by atoms with van der Waals surface area (Å²) >= 11 is 12.2. The molecule has 0 aliphatic rings. The Morgan fingerprint density at radius 1 is 1.35 bits per heavy atom. The molecule has 0 amide bonds. The summed E-state index contributed by atoms with van der Waals surface area (Å²) in [5, 5.41) is 11.1. The second-order valence-electron chi connectivity index (χ2n) is 4.44. The summed E-state index contributed by atoms with van der Waals surface area (Å²) in [6.07, 6.45) is 0. The van der Waals surface area contributed by atoms with Gasteiger partial charge in [0, 0.05) is 17.0 Å². The zero-order valence-corrected chi connectivity index (χ0v) is 11.2. The molecular weight excluding hydrogens is 255 g/mol. The van der Waals surface area contributed by atoms with Gasteiger partial charge in [0.05, 0.1) is 11.1 Å². The molecule has 0 unspecified atom stereocenters. The molecule has 1 aromatic carbocycles. The molecule has 0 N–H and O–H groups in total. The van der Waals surface area contributed by atoms with Gasteiger partial charge in [-0.25, -0.2) is 0 Å². The van der Waals surface area contributed by atoms with Crippen molar-refractivity contribution < 1.29 is 0 Å². The number of nitrogens with zero attached hydrogens (tertiary/aromatic N) is 2. The van der Waals surface area contributed by atoms with E-state index in [0.29, 0.717) is 21.7 Å². The maximum absolute atomic E-state index is 9.16. The highest BCUT2D eigenvalue weighted by atomic mass is 35.5. The number of halogens is 2. The largest absolute Gasteiger partial charge is 0.330 e. The molecule has 0 radical (unpaired) electrons. The average molecular weight is 267 g/mol. The number of nitriles is 1. The molecule has 0 bridgehead atoms. The minimum absolute atomic E-state index is 0.463. The van der Waals surface area contributed by atoms with Gasteiger partial charge in [-0.1, -0.05) is 37.0 Å². The van der Waals surface area contributed by atoms with E-state index in [2.05, 4.69) is 19.9 Å². The van der Waals surface area contributed by atoms with Gasteiger partial charge in [0.2, 0.25) is 0 Å². The Hall–Kier alpha value is -1.17. The van der Waals surface area contributed by atoms with Crippen LogP contribution in [0.3, 0.4) is 0 Å². The number of rotatable bonds is 2. The van der Waals surface area contributed by atoms with Crippen LogP contribution < -0.4 is 0 Å². The van der Waals surface area contributed by atoms with E-state index in [4.69, 9.17) is 28.5 Å². The van der Waals surface area contributed by atoms with Crippen molar-refractivity contribution in [2.75, 3.05) is 0 Å². The van der Waals surface area contributed by atoms with E-state index in [9.17, 15) is 0 Å². The third-order valence-corrected chi connectivity index (χ3v) is 3.25. The van der Waals surface area contributed by atoms with Crippen LogP contribution in [0.25, 0.3) is 10.9 Å². The lowest BCUT2D eigenvalue weighted by Crippen LogP contribution is -2.04. The van der Waals surface area contributed by atoms with Gasteiger partial charge < -0.3 is 4.57 Å². The fourth-order valence-electron chi connectivity index (χ4n) is 1.95. The van der Waals surface area contributed by atoms with Gasteiger partial charge >= 0.3 is 0 Å². The van der Waals surface area contributed by atoms with E-state index in [0.717, 1.165) is 17.4 Å². The quantitative estimate of drug-likeness (QED) is 0.788. The minimum atomic E-state index is 0.463. The lowest BCUT2D eigenvalue weighted by Gasteiger charge is -2.09. The molecule has 0 saturated carbocycles. The fraction of sp³-hybridized carbons (Fsp3) is 0.308. The van der Waals surface area contributed by atoms with Crippen LogP contribution in [0.2, 0.25) is 10.2 Å². The van der Waals surface area contributed by atoms with E-state index in [-0.39, 0.29) is 0 Å². The number of aromatic nitrogens is 1. The first-order valence-electron chi connectivity index (χ1n) is 5.42. The van der Waals surface area contributed by atoms with Crippen LogP contribution in [-0.2, 0) is 6.54 Å². The molecule has 88 valence electrons. The van der Waals surface area contributed by atoms with E-state index < -0.39 is 0 Å². The highest BCUT2D eigenvalue weighted by molar-refractivity contribution is 6.33. The Kier molecular flexibility index (Phi) is 3.33. The monoisotopic (exact) mass is 266 g/mol. The fourth-order valence-corrected chi connectivity index (χ4v) is 2.42. The number of fused-ring (bicyclic) bond motifs is 1. The van der Waals surface area contributed by atoms with Crippen molar-refractivity contribution in [2.45, 2.75) is 20.4 Å². The van der Waals surface area contributed by atoms with E-state index in [1.165, 1.54) is 0 Å². The first-order valence-corrected chi connectivity index (χ1v) is 6.17. The Bertz CT molecular complexity index is 606. The molecule has 0 saturated heterocycles. The maximum Gasteiger partial charge on any atom is 0.128 e. The summed E-state index contributed by atoms with van der Waals surface area (Å²) in [6.45, 7) is 5.02. The first kappa shape index (κ1) is 12.3. The lowest BCUT2D eigenvalue weighted by molar-refractivity contribution is 0.535. The van der Waals surface area contributed by atoms with Crippen molar-refractivity contribution in [2.24, 2.45) is 5.92 Å². The summed E-state index contributed by atoms with van der Waals surface area (Å²) < 4.78 is 1.97. The highest BCUT2D eigenvalue weighted by Crippen LogP contribution is 2.32. The predicted octanol–water partition coefficient (Wildman–Crippen LogP) is 4.48. The summed E-state index contributed by atoms with van der Waals surface area (Å²) in [5.74, 6) is 0.463. The van der Waals surface area contributed by atoms with Crippen LogP contribution in [0.1, 0.15) is 19.4 Å². The molecule has 2 aromatic rings. The second kappa shape index (κ2) is 4.60. The van der Waals surface area contributed by atoms with Crippen molar-refractivity contribution in [3.63, 3.8) is 0 Å². The smallest absolute Gasteiger partial charge is 0.128 e. The lowest BCUT2D eigenvalue weighted by atomic mass is 10.2. The Balaban J connectivity index is 2.76. The van der Waals surface area contributed by atoms with E-state index >= 15 is 0 Å². The second-order valence-corrected chi connectivity index (χ2v) is 5.24. The molecule has 0 aliphatic carbocycles.